The number of amides is 1. The molecule has 162 valence electrons. The maximum atomic E-state index is 12.7. The van der Waals surface area contributed by atoms with Crippen molar-refractivity contribution in [2.45, 2.75) is 32.9 Å². The molecular formula is C24H28ClN5O. The zero-order valence-electron chi connectivity index (χ0n) is 18.1. The smallest absolute Gasteiger partial charge is 0.239 e. The molecule has 0 aliphatic carbocycles. The van der Waals surface area contributed by atoms with Gasteiger partial charge in [-0.05, 0) is 25.0 Å². The summed E-state index contributed by atoms with van der Waals surface area (Å²) >= 11 is 6.05. The van der Waals surface area contributed by atoms with Crippen LogP contribution in [0.3, 0.4) is 0 Å². The molecule has 2 aromatic carbocycles. The van der Waals surface area contributed by atoms with Crippen LogP contribution in [0.15, 0.2) is 48.5 Å². The number of nitrogens with two attached hydrogens (primary N) is 1. The second-order valence-corrected chi connectivity index (χ2v) is 8.96. The maximum Gasteiger partial charge on any atom is 0.239 e. The number of fused-ring (bicyclic) bond motifs is 1. The van der Waals surface area contributed by atoms with Crippen molar-refractivity contribution in [1.29, 1.82) is 0 Å². The third kappa shape index (κ3) is 4.23. The second kappa shape index (κ2) is 8.81. The fraction of sp³-hybridized carbons (Fsp3) is 0.375. The number of nitrogens with zero attached hydrogens (tertiary/aromatic N) is 4. The van der Waals surface area contributed by atoms with E-state index in [1.165, 1.54) is 0 Å². The third-order valence-corrected chi connectivity index (χ3v) is 6.25. The molecule has 2 N–H and O–H groups in total. The molecule has 1 fully saturated rings. The van der Waals surface area contributed by atoms with Gasteiger partial charge in [0, 0.05) is 47.0 Å². The van der Waals surface area contributed by atoms with E-state index in [0.717, 1.165) is 27.8 Å². The van der Waals surface area contributed by atoms with Crippen LogP contribution in [0.1, 0.15) is 20.8 Å². The molecule has 4 rings (SSSR count). The van der Waals surface area contributed by atoms with Crippen molar-refractivity contribution < 1.29 is 4.79 Å². The average molecular weight is 438 g/mol. The van der Waals surface area contributed by atoms with Crippen LogP contribution in [-0.2, 0) is 4.79 Å². The highest BCUT2D eigenvalue weighted by atomic mass is 35.5. The first-order valence-corrected chi connectivity index (χ1v) is 11.1. The number of hydrogen-bond acceptors (Lipinski definition) is 5. The molecule has 0 bridgehead atoms. The first-order valence-electron chi connectivity index (χ1n) is 10.7. The van der Waals surface area contributed by atoms with Crippen molar-refractivity contribution in [3.63, 3.8) is 0 Å². The predicted molar refractivity (Wildman–Crippen MR) is 126 cm³/mol. The highest BCUT2D eigenvalue weighted by Gasteiger charge is 2.32. The summed E-state index contributed by atoms with van der Waals surface area (Å²) in [5.74, 6) is 0.993. The summed E-state index contributed by atoms with van der Waals surface area (Å²) in [4.78, 5) is 16.8. The molecule has 1 amide bonds. The summed E-state index contributed by atoms with van der Waals surface area (Å²) in [6, 6.07) is 15.5. The molecule has 1 saturated heterocycles. The highest BCUT2D eigenvalue weighted by Crippen LogP contribution is 2.33. The Morgan fingerprint density at radius 2 is 1.74 bits per heavy atom. The van der Waals surface area contributed by atoms with Crippen LogP contribution in [0, 0.1) is 5.92 Å². The lowest BCUT2D eigenvalue weighted by molar-refractivity contribution is -0.134. The molecule has 31 heavy (non-hydrogen) atoms. The number of carbonyl (C=O) groups is 1. The number of carbonyl (C=O) groups excluding carboxylic acids is 1. The zero-order chi connectivity index (χ0) is 22.1. The molecule has 0 radical (unpaired) electrons. The third-order valence-electron chi connectivity index (χ3n) is 6.00. The molecule has 0 saturated carbocycles. The van der Waals surface area contributed by atoms with Crippen LogP contribution in [0.2, 0.25) is 5.02 Å². The molecule has 7 heteroatoms. The largest absolute Gasteiger partial charge is 0.348 e. The Morgan fingerprint density at radius 1 is 1.06 bits per heavy atom. The van der Waals surface area contributed by atoms with Gasteiger partial charge in [-0.1, -0.05) is 61.8 Å². The van der Waals surface area contributed by atoms with E-state index in [1.807, 2.05) is 55.1 Å². The molecule has 6 nitrogen and oxygen atoms in total. The van der Waals surface area contributed by atoms with Crippen molar-refractivity contribution in [1.82, 2.24) is 15.1 Å². The number of halogens is 1. The molecule has 2 heterocycles. The summed E-state index contributed by atoms with van der Waals surface area (Å²) < 4.78 is 0. The molecule has 2 atom stereocenters. The van der Waals surface area contributed by atoms with Crippen molar-refractivity contribution in [3.8, 4) is 11.3 Å². The van der Waals surface area contributed by atoms with E-state index >= 15 is 0 Å². The van der Waals surface area contributed by atoms with E-state index in [9.17, 15) is 4.79 Å². The summed E-state index contributed by atoms with van der Waals surface area (Å²) in [6.45, 7) is 8.01. The van der Waals surface area contributed by atoms with Crippen LogP contribution >= 0.6 is 11.6 Å². The lowest BCUT2D eigenvalue weighted by atomic mass is 10.0. The minimum Gasteiger partial charge on any atom is -0.348 e. The summed E-state index contributed by atoms with van der Waals surface area (Å²) in [5, 5.41) is 12.0. The topological polar surface area (TPSA) is 75.4 Å². The number of anilines is 1. The summed E-state index contributed by atoms with van der Waals surface area (Å²) in [7, 11) is 0. The molecule has 2 unspecified atom stereocenters. The maximum absolute atomic E-state index is 12.7. The Bertz CT molecular complexity index is 1090. The van der Waals surface area contributed by atoms with Crippen molar-refractivity contribution in [2.24, 2.45) is 11.7 Å². The van der Waals surface area contributed by atoms with Crippen molar-refractivity contribution in [3.05, 3.63) is 53.6 Å². The first-order chi connectivity index (χ1) is 14.9. The van der Waals surface area contributed by atoms with Gasteiger partial charge in [0.2, 0.25) is 5.91 Å². The van der Waals surface area contributed by atoms with Gasteiger partial charge < -0.3 is 15.5 Å². The highest BCUT2D eigenvalue weighted by molar-refractivity contribution is 6.30. The van der Waals surface area contributed by atoms with Gasteiger partial charge >= 0.3 is 0 Å². The Labute approximate surface area is 188 Å². The fourth-order valence-electron chi connectivity index (χ4n) is 4.09. The number of piperazine rings is 1. The molecule has 1 aliphatic heterocycles. The van der Waals surface area contributed by atoms with Crippen LogP contribution in [-0.4, -0.2) is 52.7 Å². The predicted octanol–water partition coefficient (Wildman–Crippen LogP) is 3.97. The Morgan fingerprint density at radius 3 is 2.39 bits per heavy atom. The standard InChI is InChI=1S/C24H28ClN5O/c1-15(2)21(26)24(31)29-12-13-30(16(3)14-29)23-20-7-5-4-6-19(20)22(27-28-23)17-8-10-18(25)11-9-17/h4-11,15-16,21H,12-14,26H2,1-3H3. The molecule has 1 aliphatic rings. The summed E-state index contributed by atoms with van der Waals surface area (Å²) in [6.07, 6.45) is 0. The van der Waals surface area contributed by atoms with E-state index in [0.29, 0.717) is 24.7 Å². The fourth-order valence-corrected chi connectivity index (χ4v) is 4.22. The van der Waals surface area contributed by atoms with E-state index in [2.05, 4.69) is 34.2 Å². The SMILES string of the molecule is CC(C)C(N)C(=O)N1CCN(c2nnc(-c3ccc(Cl)cc3)c3ccccc23)C(C)C1. The van der Waals surface area contributed by atoms with E-state index in [-0.39, 0.29) is 17.9 Å². The number of rotatable bonds is 4. The van der Waals surface area contributed by atoms with Crippen LogP contribution < -0.4 is 10.6 Å². The normalized spacial score (nSPS) is 17.9. The van der Waals surface area contributed by atoms with Gasteiger partial charge in [0.15, 0.2) is 5.82 Å². The molecular weight excluding hydrogens is 410 g/mol. The van der Waals surface area contributed by atoms with E-state index in [1.54, 1.807) is 0 Å². The van der Waals surface area contributed by atoms with Crippen molar-refractivity contribution >= 4 is 34.1 Å². The Hall–Kier alpha value is -2.70. The monoisotopic (exact) mass is 437 g/mol. The lowest BCUT2D eigenvalue weighted by Crippen LogP contribution is -2.57. The number of hydrogen-bond donors (Lipinski definition) is 1. The van der Waals surface area contributed by atoms with Crippen LogP contribution in [0.25, 0.3) is 22.0 Å². The minimum absolute atomic E-state index is 0.0236. The molecule has 1 aromatic heterocycles. The summed E-state index contributed by atoms with van der Waals surface area (Å²) in [5.41, 5.74) is 7.91. The van der Waals surface area contributed by atoms with Gasteiger partial charge in [-0.25, -0.2) is 0 Å². The van der Waals surface area contributed by atoms with E-state index in [4.69, 9.17) is 17.3 Å². The van der Waals surface area contributed by atoms with E-state index < -0.39 is 6.04 Å². The lowest BCUT2D eigenvalue weighted by Gasteiger charge is -2.41. The average Bonchev–Trinajstić information content (AvgIpc) is 2.78. The molecule has 0 spiro atoms. The quantitative estimate of drug-likeness (QED) is 0.668. The van der Waals surface area contributed by atoms with Gasteiger partial charge in [0.25, 0.3) is 0 Å². The van der Waals surface area contributed by atoms with Crippen LogP contribution in [0.5, 0.6) is 0 Å². The van der Waals surface area contributed by atoms with Gasteiger partial charge in [-0.15, -0.1) is 10.2 Å². The van der Waals surface area contributed by atoms with Crippen molar-refractivity contribution in [2.75, 3.05) is 24.5 Å². The molecule has 3 aromatic rings. The number of aromatic nitrogens is 2. The van der Waals surface area contributed by atoms with Gasteiger partial charge in [-0.2, -0.15) is 0 Å². The zero-order valence-corrected chi connectivity index (χ0v) is 18.9. The number of benzene rings is 2. The van der Waals surface area contributed by atoms with Crippen LogP contribution in [0.4, 0.5) is 5.82 Å². The van der Waals surface area contributed by atoms with Gasteiger partial charge in [0.05, 0.1) is 6.04 Å². The Balaban J connectivity index is 1.64. The second-order valence-electron chi connectivity index (χ2n) is 8.52. The first kappa shape index (κ1) is 21.5. The minimum atomic E-state index is -0.460. The van der Waals surface area contributed by atoms with Gasteiger partial charge in [0.1, 0.15) is 5.69 Å². The Kier molecular flexibility index (Phi) is 6.12. The van der Waals surface area contributed by atoms with Gasteiger partial charge in [-0.3, -0.25) is 4.79 Å².